The minimum Gasteiger partial charge on any atom is -0.395 e. The highest BCUT2D eigenvalue weighted by Crippen LogP contribution is 2.31. The van der Waals surface area contributed by atoms with Crippen LogP contribution in [0.15, 0.2) is 36.5 Å². The first kappa shape index (κ1) is 26.2. The van der Waals surface area contributed by atoms with Crippen LogP contribution in [-0.2, 0) is 20.7 Å². The molecular formula is C26H32FN7O4. The molecule has 2 fully saturated rings. The van der Waals surface area contributed by atoms with Crippen LogP contribution >= 0.6 is 0 Å². The molecule has 2 aliphatic rings. The van der Waals surface area contributed by atoms with E-state index >= 15 is 0 Å². The Morgan fingerprint density at radius 3 is 2.58 bits per heavy atom. The second-order valence-electron chi connectivity index (χ2n) is 9.46. The lowest BCUT2D eigenvalue weighted by molar-refractivity contribution is -0.200. The quantitative estimate of drug-likeness (QED) is 0.396. The Morgan fingerprint density at radius 1 is 1.13 bits per heavy atom. The molecule has 0 bridgehead atoms. The lowest BCUT2D eigenvalue weighted by Gasteiger charge is -2.32. The van der Waals surface area contributed by atoms with Gasteiger partial charge in [0.2, 0.25) is 11.9 Å². The van der Waals surface area contributed by atoms with Crippen LogP contribution in [0.4, 0.5) is 10.3 Å². The van der Waals surface area contributed by atoms with Crippen LogP contribution in [0.25, 0.3) is 22.6 Å². The molecule has 2 aromatic heterocycles. The summed E-state index contributed by atoms with van der Waals surface area (Å²) in [7, 11) is 2.10. The van der Waals surface area contributed by atoms with Crippen molar-refractivity contribution in [3.63, 3.8) is 0 Å². The maximum absolute atomic E-state index is 13.7. The van der Waals surface area contributed by atoms with Gasteiger partial charge >= 0.3 is 0 Å². The molecule has 38 heavy (non-hydrogen) atoms. The van der Waals surface area contributed by atoms with Crippen molar-refractivity contribution in [1.82, 2.24) is 30.2 Å². The van der Waals surface area contributed by atoms with E-state index < -0.39 is 12.2 Å². The van der Waals surface area contributed by atoms with E-state index in [9.17, 15) is 9.18 Å². The highest BCUT2D eigenvalue weighted by molar-refractivity contribution is 5.79. The van der Waals surface area contributed by atoms with Gasteiger partial charge in [-0.25, -0.2) is 19.3 Å². The average Bonchev–Trinajstić information content (AvgIpc) is 3.36. The van der Waals surface area contributed by atoms with Gasteiger partial charge < -0.3 is 34.7 Å². The van der Waals surface area contributed by atoms with Gasteiger partial charge in [-0.3, -0.25) is 4.79 Å². The third-order valence-corrected chi connectivity index (χ3v) is 6.66. The Morgan fingerprint density at radius 2 is 1.87 bits per heavy atom. The first-order valence-electron chi connectivity index (χ1n) is 12.7. The van der Waals surface area contributed by atoms with Crippen molar-refractivity contribution in [3.8, 4) is 22.6 Å². The number of hydrogen-bond acceptors (Lipinski definition) is 9. The molecule has 0 radical (unpaired) electrons. The van der Waals surface area contributed by atoms with Crippen LogP contribution in [0.1, 0.15) is 5.82 Å². The number of aliphatic hydroxyl groups is 1. The lowest BCUT2D eigenvalue weighted by Crippen LogP contribution is -2.45. The maximum atomic E-state index is 13.7. The predicted molar refractivity (Wildman–Crippen MR) is 138 cm³/mol. The molecule has 1 amide bonds. The van der Waals surface area contributed by atoms with Gasteiger partial charge in [-0.15, -0.1) is 0 Å². The highest BCUT2D eigenvalue weighted by atomic mass is 19.1. The first-order valence-corrected chi connectivity index (χ1v) is 12.7. The molecule has 0 spiro atoms. The zero-order valence-electron chi connectivity index (χ0n) is 21.3. The number of hydrogen-bond donors (Lipinski definition) is 3. The maximum Gasteiger partial charge on any atom is 0.227 e. The van der Waals surface area contributed by atoms with Crippen molar-refractivity contribution < 1.29 is 23.8 Å². The fourth-order valence-corrected chi connectivity index (χ4v) is 4.46. The van der Waals surface area contributed by atoms with E-state index in [0.717, 1.165) is 31.7 Å². The number of likely N-dealkylation sites (N-methyl/N-ethyl adjacent to an activating group) is 1. The summed E-state index contributed by atoms with van der Waals surface area (Å²) in [4.78, 5) is 34.1. The fraction of sp³-hybridized carbons (Fsp3) is 0.462. The van der Waals surface area contributed by atoms with Crippen LogP contribution in [-0.4, -0.2) is 102 Å². The summed E-state index contributed by atoms with van der Waals surface area (Å²) in [5.41, 5.74) is 2.76. The third kappa shape index (κ3) is 6.16. The number of amides is 1. The molecule has 2 saturated heterocycles. The van der Waals surface area contributed by atoms with Crippen LogP contribution in [0.3, 0.4) is 0 Å². The normalized spacial score (nSPS) is 20.4. The van der Waals surface area contributed by atoms with Crippen molar-refractivity contribution in [2.24, 2.45) is 5.92 Å². The van der Waals surface area contributed by atoms with Gasteiger partial charge in [0, 0.05) is 44.5 Å². The zero-order valence-corrected chi connectivity index (χ0v) is 21.3. The second kappa shape index (κ2) is 11.9. The molecule has 0 atom stereocenters. The average molecular weight is 526 g/mol. The largest absolute Gasteiger partial charge is 0.395 e. The number of nitrogens with one attached hydrogen (secondary N) is 2. The summed E-state index contributed by atoms with van der Waals surface area (Å²) in [6.07, 6.45) is 1.49. The van der Waals surface area contributed by atoms with Crippen molar-refractivity contribution in [2.45, 2.75) is 12.7 Å². The van der Waals surface area contributed by atoms with Crippen molar-refractivity contribution in [2.75, 3.05) is 64.5 Å². The number of piperazine rings is 1. The molecule has 3 N–H and O–H groups in total. The highest BCUT2D eigenvalue weighted by Gasteiger charge is 2.29. The van der Waals surface area contributed by atoms with E-state index in [0.29, 0.717) is 35.3 Å². The summed E-state index contributed by atoms with van der Waals surface area (Å²) >= 11 is 0. The van der Waals surface area contributed by atoms with Crippen molar-refractivity contribution in [3.05, 3.63) is 48.2 Å². The lowest BCUT2D eigenvalue weighted by atomic mass is 10.1. The van der Waals surface area contributed by atoms with Crippen LogP contribution in [0, 0.1) is 11.7 Å². The van der Waals surface area contributed by atoms with Crippen LogP contribution in [0.2, 0.25) is 0 Å². The van der Waals surface area contributed by atoms with E-state index in [4.69, 9.17) is 24.5 Å². The number of ether oxygens (including phenoxy) is 2. The van der Waals surface area contributed by atoms with E-state index in [1.807, 2.05) is 6.07 Å². The van der Waals surface area contributed by atoms with Gasteiger partial charge in [0.1, 0.15) is 11.6 Å². The van der Waals surface area contributed by atoms with Crippen molar-refractivity contribution >= 4 is 11.9 Å². The molecule has 3 aromatic rings. The van der Waals surface area contributed by atoms with Crippen molar-refractivity contribution in [1.29, 1.82) is 0 Å². The number of carbonyl (C=O) groups is 1. The number of benzene rings is 1. The monoisotopic (exact) mass is 525 g/mol. The molecule has 0 aliphatic carbocycles. The van der Waals surface area contributed by atoms with Gasteiger partial charge in [0.05, 0.1) is 49.2 Å². The molecule has 202 valence electrons. The summed E-state index contributed by atoms with van der Waals surface area (Å²) in [6.45, 7) is 4.05. The van der Waals surface area contributed by atoms with Gasteiger partial charge in [-0.05, 0) is 37.4 Å². The molecule has 4 heterocycles. The Balaban J connectivity index is 1.36. The molecular weight excluding hydrogens is 493 g/mol. The van der Waals surface area contributed by atoms with Gasteiger partial charge in [-0.1, -0.05) is 0 Å². The standard InChI is InChI=1S/C26H32FN7O4/c1-33-9-11-34(12-10-33)26-29-7-6-20(30-26)24-23(17-2-4-19(27)5-3-17)31-21(32-24)14-22-37-15-18(16-38-22)25(36)28-8-13-35/h2-7,18,22,35H,8-16H2,1H3,(H,28,36)(H,31,32). The Labute approximate surface area is 220 Å². The summed E-state index contributed by atoms with van der Waals surface area (Å²) < 4.78 is 25.2. The fourth-order valence-electron chi connectivity index (χ4n) is 4.46. The molecule has 0 unspecified atom stereocenters. The minimum absolute atomic E-state index is 0.122. The number of aromatic amines is 1. The Hall–Kier alpha value is -3.45. The van der Waals surface area contributed by atoms with Crippen LogP contribution in [0.5, 0.6) is 0 Å². The number of aliphatic hydroxyl groups excluding tert-OH is 1. The van der Waals surface area contributed by atoms with Crippen LogP contribution < -0.4 is 10.2 Å². The number of H-pyrrole nitrogens is 1. The predicted octanol–water partition coefficient (Wildman–Crippen LogP) is 1.06. The van der Waals surface area contributed by atoms with E-state index in [2.05, 4.69) is 32.1 Å². The SMILES string of the molecule is CN1CCN(c2nccc(-c3[nH]c(CC4OCC(C(=O)NCCO)CO4)nc3-c3ccc(F)cc3)n2)CC1. The van der Waals surface area contributed by atoms with E-state index in [1.54, 1.807) is 18.3 Å². The minimum atomic E-state index is -0.580. The summed E-state index contributed by atoms with van der Waals surface area (Å²) in [5.74, 6) is 0.297. The van der Waals surface area contributed by atoms with Gasteiger partial charge in [0.15, 0.2) is 6.29 Å². The number of nitrogens with zero attached hydrogens (tertiary/aromatic N) is 5. The molecule has 2 aliphatic heterocycles. The topological polar surface area (TPSA) is 129 Å². The zero-order chi connectivity index (χ0) is 26.5. The Bertz CT molecular complexity index is 1220. The Kier molecular flexibility index (Phi) is 8.23. The van der Waals surface area contributed by atoms with Gasteiger partial charge in [-0.2, -0.15) is 0 Å². The number of aromatic nitrogens is 4. The van der Waals surface area contributed by atoms with E-state index in [-0.39, 0.29) is 38.1 Å². The number of imidazole rings is 1. The summed E-state index contributed by atoms with van der Waals surface area (Å²) in [6, 6.07) is 8.00. The number of rotatable bonds is 8. The van der Waals surface area contributed by atoms with E-state index in [1.165, 1.54) is 12.1 Å². The smallest absolute Gasteiger partial charge is 0.227 e. The molecule has 1 aromatic carbocycles. The summed E-state index contributed by atoms with van der Waals surface area (Å²) in [5, 5.41) is 11.5. The molecule has 0 saturated carbocycles. The molecule has 11 nitrogen and oxygen atoms in total. The number of halogens is 1. The first-order chi connectivity index (χ1) is 18.5. The third-order valence-electron chi connectivity index (χ3n) is 6.66. The number of carbonyl (C=O) groups excluding carboxylic acids is 1. The molecule has 12 heteroatoms. The molecule has 5 rings (SSSR count). The number of anilines is 1. The van der Waals surface area contributed by atoms with Gasteiger partial charge in [0.25, 0.3) is 0 Å². The second-order valence-corrected chi connectivity index (χ2v) is 9.46.